The summed E-state index contributed by atoms with van der Waals surface area (Å²) in [6.07, 6.45) is 2.10. The van der Waals surface area contributed by atoms with Crippen LogP contribution >= 0.6 is 0 Å². The summed E-state index contributed by atoms with van der Waals surface area (Å²) in [5, 5.41) is 2.82. The number of nitrogens with zero attached hydrogens (tertiary/aromatic N) is 2. The molecule has 7 heteroatoms. The number of hydrogen-bond donors (Lipinski definition) is 1. The molecule has 1 fully saturated rings. The summed E-state index contributed by atoms with van der Waals surface area (Å²) in [4.78, 5) is 28.0. The number of hydrogen-bond acceptors (Lipinski definition) is 2. The fourth-order valence-corrected chi connectivity index (χ4v) is 3.50. The zero-order chi connectivity index (χ0) is 21.0. The van der Waals surface area contributed by atoms with Crippen molar-refractivity contribution in [1.82, 2.24) is 9.80 Å². The Kier molecular flexibility index (Phi) is 6.46. The number of nitrogens with one attached hydrogen (secondary N) is 1. The van der Waals surface area contributed by atoms with Crippen molar-refractivity contribution in [2.24, 2.45) is 0 Å². The molecule has 0 spiro atoms. The van der Waals surface area contributed by atoms with Crippen LogP contribution in [-0.4, -0.2) is 47.9 Å². The van der Waals surface area contributed by atoms with Crippen LogP contribution in [0.3, 0.4) is 0 Å². The van der Waals surface area contributed by atoms with E-state index >= 15 is 0 Å². The second-order valence-electron chi connectivity index (χ2n) is 7.31. The molecule has 5 nitrogen and oxygen atoms in total. The topological polar surface area (TPSA) is 52.7 Å². The number of anilines is 1. The molecular weight excluding hydrogens is 376 g/mol. The summed E-state index contributed by atoms with van der Waals surface area (Å²) in [5.74, 6) is -1.14. The number of urea groups is 1. The fraction of sp³-hybridized carbons (Fsp3) is 0.364. The molecule has 2 aromatic carbocycles. The second kappa shape index (κ2) is 9.03. The smallest absolute Gasteiger partial charge is 0.321 e. The second-order valence-corrected chi connectivity index (χ2v) is 7.31. The number of amides is 3. The number of carbonyl (C=O) groups is 2. The van der Waals surface area contributed by atoms with Gasteiger partial charge in [-0.2, -0.15) is 0 Å². The number of benzene rings is 2. The monoisotopic (exact) mass is 401 g/mol. The predicted molar refractivity (Wildman–Crippen MR) is 108 cm³/mol. The maximum Gasteiger partial charge on any atom is 0.321 e. The normalized spacial score (nSPS) is 16.0. The van der Waals surface area contributed by atoms with E-state index in [-0.39, 0.29) is 18.0 Å². The van der Waals surface area contributed by atoms with Gasteiger partial charge in [0.2, 0.25) is 5.91 Å². The SMILES string of the molecule is CCCC(=O)N1CC[C@@H](N(C)C(=O)Nc2ccc(-c3cc(F)cc(F)c3)cc2)C1. The van der Waals surface area contributed by atoms with Crippen LogP contribution in [0.25, 0.3) is 11.1 Å². The third-order valence-electron chi connectivity index (χ3n) is 5.18. The first-order valence-corrected chi connectivity index (χ1v) is 9.75. The van der Waals surface area contributed by atoms with Crippen LogP contribution in [0.15, 0.2) is 42.5 Å². The Hall–Kier alpha value is -2.96. The minimum absolute atomic E-state index is 0.0228. The Labute approximate surface area is 169 Å². The lowest BCUT2D eigenvalue weighted by atomic mass is 10.1. The van der Waals surface area contributed by atoms with Gasteiger partial charge < -0.3 is 15.1 Å². The highest BCUT2D eigenvalue weighted by molar-refractivity contribution is 5.90. The van der Waals surface area contributed by atoms with Gasteiger partial charge >= 0.3 is 6.03 Å². The molecule has 1 N–H and O–H groups in total. The van der Waals surface area contributed by atoms with E-state index in [1.165, 1.54) is 12.1 Å². The number of halogens is 2. The third-order valence-corrected chi connectivity index (χ3v) is 5.18. The quantitative estimate of drug-likeness (QED) is 0.802. The van der Waals surface area contributed by atoms with Crippen molar-refractivity contribution in [3.8, 4) is 11.1 Å². The van der Waals surface area contributed by atoms with Gasteiger partial charge in [0.05, 0.1) is 6.04 Å². The summed E-state index contributed by atoms with van der Waals surface area (Å²) in [7, 11) is 1.72. The molecule has 1 aliphatic heterocycles. The highest BCUT2D eigenvalue weighted by Crippen LogP contribution is 2.24. The number of likely N-dealkylation sites (tertiary alicyclic amines) is 1. The van der Waals surface area contributed by atoms with Gasteiger partial charge in [0.25, 0.3) is 0 Å². The molecule has 0 aromatic heterocycles. The molecule has 1 atom stereocenters. The van der Waals surface area contributed by atoms with E-state index in [1.807, 2.05) is 11.8 Å². The summed E-state index contributed by atoms with van der Waals surface area (Å²) >= 11 is 0. The van der Waals surface area contributed by atoms with Crippen molar-refractivity contribution in [1.29, 1.82) is 0 Å². The highest BCUT2D eigenvalue weighted by Gasteiger charge is 2.30. The first-order chi connectivity index (χ1) is 13.9. The molecular formula is C22H25F2N3O2. The van der Waals surface area contributed by atoms with Gasteiger partial charge in [-0.15, -0.1) is 0 Å². The number of carbonyl (C=O) groups excluding carboxylic acids is 2. The van der Waals surface area contributed by atoms with E-state index < -0.39 is 11.6 Å². The molecule has 0 unspecified atom stereocenters. The lowest BCUT2D eigenvalue weighted by molar-refractivity contribution is -0.130. The first-order valence-electron chi connectivity index (χ1n) is 9.75. The standard InChI is InChI=1S/C22H25F2N3O2/c1-3-4-21(28)27-10-9-20(14-27)26(2)22(29)25-19-7-5-15(6-8-19)16-11-17(23)13-18(24)12-16/h5-8,11-13,20H,3-4,9-10,14H2,1-2H3,(H,25,29)/t20-/m1/s1. The summed E-state index contributed by atoms with van der Waals surface area (Å²) in [5.41, 5.74) is 1.66. The predicted octanol–water partition coefficient (Wildman–Crippen LogP) is 4.50. The van der Waals surface area contributed by atoms with Gasteiger partial charge in [-0.1, -0.05) is 19.1 Å². The van der Waals surface area contributed by atoms with Crippen molar-refractivity contribution < 1.29 is 18.4 Å². The van der Waals surface area contributed by atoms with Crippen molar-refractivity contribution in [3.05, 3.63) is 54.1 Å². The maximum absolute atomic E-state index is 13.4. The Morgan fingerprint density at radius 2 is 1.76 bits per heavy atom. The van der Waals surface area contributed by atoms with Crippen LogP contribution in [0, 0.1) is 11.6 Å². The highest BCUT2D eigenvalue weighted by atomic mass is 19.1. The van der Waals surface area contributed by atoms with Crippen molar-refractivity contribution in [2.45, 2.75) is 32.2 Å². The number of rotatable bonds is 5. The van der Waals surface area contributed by atoms with Crippen LogP contribution in [0.1, 0.15) is 26.2 Å². The van der Waals surface area contributed by atoms with E-state index in [2.05, 4.69) is 5.32 Å². The van der Waals surface area contributed by atoms with Gasteiger partial charge in [0.15, 0.2) is 0 Å². The van der Waals surface area contributed by atoms with Crippen molar-refractivity contribution >= 4 is 17.6 Å². The van der Waals surface area contributed by atoms with Crippen molar-refractivity contribution in [2.75, 3.05) is 25.5 Å². The van der Waals surface area contributed by atoms with E-state index in [0.717, 1.165) is 18.9 Å². The third kappa shape index (κ3) is 5.10. The van der Waals surface area contributed by atoms with E-state index in [0.29, 0.717) is 36.3 Å². The molecule has 3 amide bonds. The Morgan fingerprint density at radius 1 is 1.10 bits per heavy atom. The average molecular weight is 401 g/mol. The first kappa shape index (κ1) is 20.8. The maximum atomic E-state index is 13.4. The molecule has 3 rings (SSSR count). The van der Waals surface area contributed by atoms with E-state index in [4.69, 9.17) is 0 Å². The molecule has 0 bridgehead atoms. The largest absolute Gasteiger partial charge is 0.341 e. The average Bonchev–Trinajstić information content (AvgIpc) is 3.17. The molecule has 2 aromatic rings. The molecule has 1 heterocycles. The minimum Gasteiger partial charge on any atom is -0.341 e. The lowest BCUT2D eigenvalue weighted by Gasteiger charge is -2.25. The van der Waals surface area contributed by atoms with Crippen LogP contribution in [0.2, 0.25) is 0 Å². The van der Waals surface area contributed by atoms with Gasteiger partial charge in [0.1, 0.15) is 11.6 Å². The molecule has 1 saturated heterocycles. The summed E-state index contributed by atoms with van der Waals surface area (Å²) < 4.78 is 26.8. The van der Waals surface area contributed by atoms with Crippen molar-refractivity contribution in [3.63, 3.8) is 0 Å². The lowest BCUT2D eigenvalue weighted by Crippen LogP contribution is -2.42. The van der Waals surface area contributed by atoms with Crippen LogP contribution in [0.5, 0.6) is 0 Å². The minimum atomic E-state index is -0.637. The fourth-order valence-electron chi connectivity index (χ4n) is 3.50. The molecule has 0 aliphatic carbocycles. The zero-order valence-electron chi connectivity index (χ0n) is 16.6. The van der Waals surface area contributed by atoms with Gasteiger partial charge in [-0.3, -0.25) is 4.79 Å². The van der Waals surface area contributed by atoms with Gasteiger partial charge in [-0.25, -0.2) is 13.6 Å². The van der Waals surface area contributed by atoms with E-state index in [1.54, 1.807) is 36.2 Å². The van der Waals surface area contributed by atoms with Gasteiger partial charge in [0, 0.05) is 38.3 Å². The Bertz CT molecular complexity index is 866. The van der Waals surface area contributed by atoms with E-state index in [9.17, 15) is 18.4 Å². The molecule has 0 saturated carbocycles. The summed E-state index contributed by atoms with van der Waals surface area (Å²) in [6.45, 7) is 3.19. The van der Waals surface area contributed by atoms with Crippen LogP contribution in [-0.2, 0) is 4.79 Å². The summed E-state index contributed by atoms with van der Waals surface area (Å²) in [6, 6.07) is 9.84. The Morgan fingerprint density at radius 3 is 2.38 bits per heavy atom. The van der Waals surface area contributed by atoms with Crippen LogP contribution in [0.4, 0.5) is 19.3 Å². The van der Waals surface area contributed by atoms with Crippen LogP contribution < -0.4 is 5.32 Å². The molecule has 154 valence electrons. The van der Waals surface area contributed by atoms with Gasteiger partial charge in [-0.05, 0) is 48.2 Å². The molecule has 29 heavy (non-hydrogen) atoms. The molecule has 0 radical (unpaired) electrons. The number of likely N-dealkylation sites (N-methyl/N-ethyl adjacent to an activating group) is 1. The Balaban J connectivity index is 1.60. The molecule has 1 aliphatic rings. The zero-order valence-corrected chi connectivity index (χ0v) is 16.6.